The van der Waals surface area contributed by atoms with Crippen LogP contribution in [-0.4, -0.2) is 101 Å². The maximum Gasteiger partial charge on any atom is 0.307 e. The van der Waals surface area contributed by atoms with E-state index < -0.39 is 51.2 Å². The summed E-state index contributed by atoms with van der Waals surface area (Å²) in [7, 11) is 0.145. The summed E-state index contributed by atoms with van der Waals surface area (Å²) in [5, 5.41) is 2.85. The molecule has 2 aromatic carbocycles. The number of carbonyl (C=O) groups is 4. The number of amides is 2. The number of imidazole rings is 1. The molecule has 2 amide bonds. The highest BCUT2D eigenvalue weighted by Gasteiger charge is 2.61. The van der Waals surface area contributed by atoms with Gasteiger partial charge in [-0.25, -0.2) is 9.71 Å². The summed E-state index contributed by atoms with van der Waals surface area (Å²) in [5.74, 6) is -2.32. The molecule has 17 heteroatoms. The first kappa shape index (κ1) is 47.8. The number of para-hydroxylation sites is 1. The van der Waals surface area contributed by atoms with Gasteiger partial charge in [0.05, 0.1) is 42.7 Å². The van der Waals surface area contributed by atoms with Crippen LogP contribution in [0.15, 0.2) is 60.0 Å². The van der Waals surface area contributed by atoms with Gasteiger partial charge in [-0.15, -0.1) is 11.3 Å². The molecular weight excluding hydrogens is 869 g/mol. The van der Waals surface area contributed by atoms with Crippen LogP contribution in [0.3, 0.4) is 0 Å². The zero-order valence-electron chi connectivity index (χ0n) is 38.7. The van der Waals surface area contributed by atoms with Gasteiger partial charge in [0.15, 0.2) is 5.78 Å². The molecule has 1 aliphatic carbocycles. The molecule has 1 saturated heterocycles. The number of ketones is 1. The van der Waals surface area contributed by atoms with Crippen molar-refractivity contribution in [2.45, 2.75) is 123 Å². The van der Waals surface area contributed by atoms with E-state index in [0.717, 1.165) is 50.2 Å². The number of Topliss-reactive ketones (excluding diaryl/α,β-unsaturated/α-hetero) is 1. The molecule has 5 atom stereocenters. The molecule has 4 heterocycles. The highest BCUT2D eigenvalue weighted by atomic mass is 32.2. The molecule has 0 radical (unpaired) electrons. The van der Waals surface area contributed by atoms with Crippen molar-refractivity contribution >= 4 is 56.1 Å². The summed E-state index contributed by atoms with van der Waals surface area (Å²) in [6.07, 6.45) is 7.24. The Bertz CT molecular complexity index is 2560. The number of allylic oxidation sites excluding steroid dienone is 2. The number of fused-ring (bicyclic) bond motifs is 3. The molecule has 2 aromatic heterocycles. The largest absolute Gasteiger partial charge is 0.497 e. The number of carbonyl (C=O) groups excluding carboxylic acids is 4. The second-order valence-electron chi connectivity index (χ2n) is 19.1. The lowest BCUT2D eigenvalue weighted by Gasteiger charge is -2.29. The lowest BCUT2D eigenvalue weighted by Crippen LogP contribution is -2.47. The quantitative estimate of drug-likeness (QED) is 0.110. The summed E-state index contributed by atoms with van der Waals surface area (Å²) in [4.78, 5) is 68.4. The average molecular weight is 931 g/mol. The molecule has 2 aliphatic heterocycles. The van der Waals surface area contributed by atoms with Crippen molar-refractivity contribution in [1.29, 1.82) is 0 Å². The van der Waals surface area contributed by atoms with E-state index in [4.69, 9.17) is 24.2 Å². The zero-order valence-corrected chi connectivity index (χ0v) is 40.3. The minimum atomic E-state index is -4.15. The molecule has 7 rings (SSSR count). The van der Waals surface area contributed by atoms with Gasteiger partial charge in [-0.3, -0.25) is 23.7 Å². The van der Waals surface area contributed by atoms with Gasteiger partial charge < -0.3 is 19.1 Å². The van der Waals surface area contributed by atoms with Gasteiger partial charge in [-0.2, -0.15) is 17.7 Å². The minimum Gasteiger partial charge on any atom is -0.497 e. The number of nitrogens with one attached hydrogen (secondary N) is 1. The van der Waals surface area contributed by atoms with E-state index >= 15 is 0 Å². The average Bonchev–Trinajstić information content (AvgIpc) is 3.55. The third-order valence-electron chi connectivity index (χ3n) is 12.4. The highest BCUT2D eigenvalue weighted by Crippen LogP contribution is 2.57. The molecule has 2 fully saturated rings. The van der Waals surface area contributed by atoms with Crippen LogP contribution in [-0.2, 0) is 40.5 Å². The van der Waals surface area contributed by atoms with Gasteiger partial charge in [-0.1, -0.05) is 43.2 Å². The van der Waals surface area contributed by atoms with E-state index in [1.54, 1.807) is 27.9 Å². The number of methoxy groups -OCH3 is 1. The topological polar surface area (TPSA) is 179 Å². The lowest BCUT2D eigenvalue weighted by molar-refractivity contribution is -0.159. The van der Waals surface area contributed by atoms with Crippen LogP contribution in [0, 0.1) is 17.3 Å². The first-order valence-electron chi connectivity index (χ1n) is 22.5. The van der Waals surface area contributed by atoms with E-state index in [1.165, 1.54) is 30.3 Å². The van der Waals surface area contributed by atoms with Crippen molar-refractivity contribution in [1.82, 2.24) is 28.5 Å². The number of esters is 1. The van der Waals surface area contributed by atoms with Crippen LogP contribution in [0.4, 0.5) is 0 Å². The number of nitrogens with zero attached hydrogens (tertiary/aromatic N) is 5. The van der Waals surface area contributed by atoms with Crippen LogP contribution >= 0.6 is 11.3 Å². The predicted molar refractivity (Wildman–Crippen MR) is 249 cm³/mol. The molecule has 3 aliphatic rings. The second kappa shape index (κ2) is 19.4. The van der Waals surface area contributed by atoms with Crippen molar-refractivity contribution in [3.8, 4) is 22.3 Å². The first-order valence-corrected chi connectivity index (χ1v) is 24.8. The first-order chi connectivity index (χ1) is 30.8. The maximum atomic E-state index is 14.8. The summed E-state index contributed by atoms with van der Waals surface area (Å²) in [5.41, 5.74) is 2.30. The molecule has 0 unspecified atom stereocenters. The van der Waals surface area contributed by atoms with Crippen LogP contribution in [0.5, 0.6) is 11.8 Å². The predicted octanol–water partition coefficient (Wildman–Crippen LogP) is 7.44. The number of ether oxygens (including phenoxy) is 3. The van der Waals surface area contributed by atoms with Crippen LogP contribution < -0.4 is 14.2 Å². The van der Waals surface area contributed by atoms with Gasteiger partial charge in [0.1, 0.15) is 28.0 Å². The van der Waals surface area contributed by atoms with Gasteiger partial charge in [-0.05, 0) is 96.0 Å². The van der Waals surface area contributed by atoms with E-state index in [2.05, 4.69) is 4.72 Å². The molecule has 4 aromatic rings. The number of hydrogen-bond donors (Lipinski definition) is 1. The highest BCUT2D eigenvalue weighted by molar-refractivity contribution is 7.87. The Kier molecular flexibility index (Phi) is 14.3. The Labute approximate surface area is 386 Å². The standard InChI is InChI=1S/C48H62N6O9S2/c1-30(2)54-38-21-15-20-37(43-49-34(29-64-43)22-31-16-14-19-35(23-31)61-8)42(38)50-46(54)62-36-25-39-40(55)27-48(45(58)51-65(59,60)52(6)7)26-33(48)18-13-11-9-10-12-17-32(44(57)53(39)28-36)24-41(56)63-47(3,4)5/h13-16,18-21,23,29-30,32-33,36,39H,9-12,17,22,24-28H2,1-8H3,(H,51,58)/b18-13-/t32-,33-,36-,39+,48-/m1/s1. The second-order valence-corrected chi connectivity index (χ2v) is 21.8. The number of rotatable bonds is 12. The number of thiazole rings is 1. The number of benzene rings is 2. The lowest BCUT2D eigenvalue weighted by atomic mass is 9.90. The molecule has 350 valence electrons. The Balaban J connectivity index is 1.21. The monoisotopic (exact) mass is 930 g/mol. The van der Waals surface area contributed by atoms with Crippen LogP contribution in [0.2, 0.25) is 0 Å². The van der Waals surface area contributed by atoms with Crippen molar-refractivity contribution < 1.29 is 41.8 Å². The van der Waals surface area contributed by atoms with Crippen molar-refractivity contribution in [2.75, 3.05) is 27.7 Å². The fraction of sp³-hybridized carbons (Fsp3) is 0.542. The fourth-order valence-corrected chi connectivity index (χ4v) is 10.5. The molecule has 15 nitrogen and oxygen atoms in total. The summed E-state index contributed by atoms with van der Waals surface area (Å²) < 4.78 is 48.7. The Hall–Kier alpha value is -5.13. The minimum absolute atomic E-state index is 0.0336. The van der Waals surface area contributed by atoms with Crippen molar-refractivity contribution in [3.05, 3.63) is 71.3 Å². The van der Waals surface area contributed by atoms with E-state index in [-0.39, 0.29) is 55.9 Å². The molecule has 0 spiro atoms. The molecule has 1 N–H and O–H groups in total. The van der Waals surface area contributed by atoms with Crippen LogP contribution in [0.25, 0.3) is 21.6 Å². The van der Waals surface area contributed by atoms with Gasteiger partial charge in [0.2, 0.25) is 11.8 Å². The van der Waals surface area contributed by atoms with Crippen LogP contribution in [0.1, 0.15) is 110 Å². The van der Waals surface area contributed by atoms with Gasteiger partial charge >= 0.3 is 16.2 Å². The number of hydrogen-bond acceptors (Lipinski definition) is 12. The number of aromatic nitrogens is 3. The third-order valence-corrected chi connectivity index (χ3v) is 14.8. The molecule has 65 heavy (non-hydrogen) atoms. The van der Waals surface area contributed by atoms with Crippen molar-refractivity contribution in [3.63, 3.8) is 0 Å². The normalized spacial score (nSPS) is 23.7. The van der Waals surface area contributed by atoms with Gasteiger partial charge in [0.25, 0.3) is 6.01 Å². The van der Waals surface area contributed by atoms with E-state index in [9.17, 15) is 27.6 Å². The summed E-state index contributed by atoms with van der Waals surface area (Å²) in [6.45, 7) is 9.43. The van der Waals surface area contributed by atoms with E-state index in [1.807, 2.05) is 78.4 Å². The van der Waals surface area contributed by atoms with E-state index in [0.29, 0.717) is 37.2 Å². The van der Waals surface area contributed by atoms with Gasteiger partial charge in [0, 0.05) is 56.3 Å². The Morgan fingerprint density at radius 2 is 1.83 bits per heavy atom. The fourth-order valence-electron chi connectivity index (χ4n) is 9.03. The Morgan fingerprint density at radius 3 is 2.55 bits per heavy atom. The molecular formula is C48H62N6O9S2. The molecule has 1 saturated carbocycles. The zero-order chi connectivity index (χ0) is 46.8. The SMILES string of the molecule is COc1cccc(Cc2csc(-c3cccc4c3nc(O[C@@H]3C[C@H]5C(=O)C[C@]6(C(=O)NS(=O)(=O)N(C)C)C[C@H]6/C=C\CCCCC[C@H](CC(=O)OC(C)(C)C)C(=O)N5C3)n4C(C)C)n2)c1. The Morgan fingerprint density at radius 1 is 1.06 bits per heavy atom. The molecule has 0 bridgehead atoms. The summed E-state index contributed by atoms with van der Waals surface area (Å²) in [6, 6.07) is 13.1. The smallest absolute Gasteiger partial charge is 0.307 e. The summed E-state index contributed by atoms with van der Waals surface area (Å²) >= 11 is 1.53. The van der Waals surface area contributed by atoms with Crippen molar-refractivity contribution in [2.24, 2.45) is 17.3 Å². The third kappa shape index (κ3) is 10.9. The maximum absolute atomic E-state index is 14.8.